The predicted octanol–water partition coefficient (Wildman–Crippen LogP) is 1.47. The van der Waals surface area contributed by atoms with Gasteiger partial charge in [0.15, 0.2) is 0 Å². The molecule has 2 aromatic rings. The van der Waals surface area contributed by atoms with E-state index in [1.54, 1.807) is 23.6 Å². The van der Waals surface area contributed by atoms with Gasteiger partial charge in [-0.3, -0.25) is 13.9 Å². The first-order valence-electron chi connectivity index (χ1n) is 7.86. The van der Waals surface area contributed by atoms with E-state index in [1.807, 2.05) is 24.3 Å². The Balaban J connectivity index is 2.28. The van der Waals surface area contributed by atoms with Gasteiger partial charge in [-0.25, -0.2) is 4.79 Å². The molecule has 0 aliphatic carbocycles. The second-order valence-electron chi connectivity index (χ2n) is 6.14. The maximum absolute atomic E-state index is 12.7. The third-order valence-electron chi connectivity index (χ3n) is 3.85. The highest BCUT2D eigenvalue weighted by Gasteiger charge is 2.18. The van der Waals surface area contributed by atoms with Gasteiger partial charge in [-0.2, -0.15) is 0 Å². The number of nitrogens with zero attached hydrogens (tertiary/aromatic N) is 3. The molecule has 2 rings (SSSR count). The van der Waals surface area contributed by atoms with Gasteiger partial charge in [0.2, 0.25) is 5.91 Å². The van der Waals surface area contributed by atoms with Crippen molar-refractivity contribution in [3.05, 3.63) is 34.7 Å². The van der Waals surface area contributed by atoms with Crippen LogP contribution in [0.25, 0.3) is 11.0 Å². The molecule has 1 heterocycles. The largest absolute Gasteiger partial charge is 0.383 e. The second kappa shape index (κ2) is 7.46. The fraction of sp³-hybridized carbons (Fsp3) is 0.529. The van der Waals surface area contributed by atoms with E-state index in [0.29, 0.717) is 25.6 Å². The van der Waals surface area contributed by atoms with Gasteiger partial charge in [0.25, 0.3) is 0 Å². The number of amides is 1. The van der Waals surface area contributed by atoms with E-state index in [-0.39, 0.29) is 18.1 Å². The van der Waals surface area contributed by atoms with Crippen LogP contribution in [-0.4, -0.2) is 46.7 Å². The van der Waals surface area contributed by atoms with Crippen LogP contribution in [0.1, 0.15) is 13.8 Å². The summed E-state index contributed by atoms with van der Waals surface area (Å²) in [6.07, 6.45) is 0. The molecule has 0 unspecified atom stereocenters. The van der Waals surface area contributed by atoms with Crippen molar-refractivity contribution in [2.75, 3.05) is 26.8 Å². The Morgan fingerprint density at radius 2 is 1.91 bits per heavy atom. The predicted molar refractivity (Wildman–Crippen MR) is 90.5 cm³/mol. The molecule has 0 aliphatic rings. The van der Waals surface area contributed by atoms with Crippen molar-refractivity contribution in [1.29, 1.82) is 0 Å². The van der Waals surface area contributed by atoms with Crippen LogP contribution in [-0.2, 0) is 23.1 Å². The molecule has 0 aliphatic heterocycles. The van der Waals surface area contributed by atoms with Gasteiger partial charge in [0.1, 0.15) is 6.54 Å². The van der Waals surface area contributed by atoms with Crippen LogP contribution in [0.2, 0.25) is 0 Å². The third kappa shape index (κ3) is 3.82. The number of aromatic nitrogens is 2. The number of hydrogen-bond donors (Lipinski definition) is 0. The normalized spacial score (nSPS) is 11.3. The Hall–Kier alpha value is -2.08. The van der Waals surface area contributed by atoms with E-state index in [1.165, 1.54) is 4.57 Å². The summed E-state index contributed by atoms with van der Waals surface area (Å²) in [7, 11) is 3.34. The standard InChI is InChI=1S/C17H25N3O3/c1-13(2)11-19(9-10-23-4)16(21)12-20-15-8-6-5-7-14(15)18(3)17(20)22/h5-8,13H,9-12H2,1-4H3. The number of benzene rings is 1. The number of fused-ring (bicyclic) bond motifs is 1. The number of aryl methyl sites for hydroxylation is 1. The van der Waals surface area contributed by atoms with Crippen molar-refractivity contribution < 1.29 is 9.53 Å². The summed E-state index contributed by atoms with van der Waals surface area (Å²) in [6, 6.07) is 7.51. The summed E-state index contributed by atoms with van der Waals surface area (Å²) in [5, 5.41) is 0. The molecule has 6 nitrogen and oxygen atoms in total. The maximum atomic E-state index is 12.7. The maximum Gasteiger partial charge on any atom is 0.329 e. The third-order valence-corrected chi connectivity index (χ3v) is 3.85. The minimum atomic E-state index is -0.171. The fourth-order valence-electron chi connectivity index (χ4n) is 2.71. The zero-order chi connectivity index (χ0) is 17.0. The van der Waals surface area contributed by atoms with Crippen LogP contribution >= 0.6 is 0 Å². The highest BCUT2D eigenvalue weighted by molar-refractivity contribution is 5.81. The Bertz CT molecular complexity index is 730. The lowest BCUT2D eigenvalue weighted by Gasteiger charge is -2.24. The zero-order valence-corrected chi connectivity index (χ0v) is 14.3. The second-order valence-corrected chi connectivity index (χ2v) is 6.14. The smallest absolute Gasteiger partial charge is 0.329 e. The Labute approximate surface area is 136 Å². The number of imidazole rings is 1. The Morgan fingerprint density at radius 3 is 2.52 bits per heavy atom. The van der Waals surface area contributed by atoms with E-state index in [2.05, 4.69) is 13.8 Å². The van der Waals surface area contributed by atoms with E-state index in [4.69, 9.17) is 4.74 Å². The fourth-order valence-corrected chi connectivity index (χ4v) is 2.71. The number of carbonyl (C=O) groups is 1. The first-order chi connectivity index (χ1) is 11.0. The summed E-state index contributed by atoms with van der Waals surface area (Å²) in [5.41, 5.74) is 1.44. The minimum absolute atomic E-state index is 0.0522. The van der Waals surface area contributed by atoms with Gasteiger partial charge in [0, 0.05) is 27.2 Å². The van der Waals surface area contributed by atoms with Crippen LogP contribution in [0, 0.1) is 5.92 Å². The topological polar surface area (TPSA) is 56.5 Å². The Kier molecular flexibility index (Phi) is 5.60. The molecule has 1 amide bonds. The van der Waals surface area contributed by atoms with E-state index in [9.17, 15) is 9.59 Å². The molecule has 1 aromatic carbocycles. The first-order valence-corrected chi connectivity index (χ1v) is 7.86. The van der Waals surface area contributed by atoms with Crippen molar-refractivity contribution in [3.63, 3.8) is 0 Å². The van der Waals surface area contributed by atoms with Gasteiger partial charge in [-0.05, 0) is 18.1 Å². The van der Waals surface area contributed by atoms with E-state index < -0.39 is 0 Å². The van der Waals surface area contributed by atoms with Crippen molar-refractivity contribution in [2.24, 2.45) is 13.0 Å². The van der Waals surface area contributed by atoms with Crippen molar-refractivity contribution >= 4 is 16.9 Å². The molecule has 0 fully saturated rings. The highest BCUT2D eigenvalue weighted by atomic mass is 16.5. The van der Waals surface area contributed by atoms with Crippen molar-refractivity contribution in [2.45, 2.75) is 20.4 Å². The molecule has 0 spiro atoms. The number of rotatable bonds is 7. The van der Waals surface area contributed by atoms with Gasteiger partial charge in [-0.15, -0.1) is 0 Å². The van der Waals surface area contributed by atoms with Crippen LogP contribution < -0.4 is 5.69 Å². The molecule has 23 heavy (non-hydrogen) atoms. The molecule has 0 saturated heterocycles. The summed E-state index contributed by atoms with van der Waals surface area (Å²) in [4.78, 5) is 26.8. The van der Waals surface area contributed by atoms with Crippen molar-refractivity contribution in [1.82, 2.24) is 14.0 Å². The molecular weight excluding hydrogens is 294 g/mol. The summed E-state index contributed by atoms with van der Waals surface area (Å²) in [5.74, 6) is 0.300. The number of hydrogen-bond acceptors (Lipinski definition) is 3. The number of methoxy groups -OCH3 is 1. The number of carbonyl (C=O) groups excluding carboxylic acids is 1. The van der Waals surface area contributed by atoms with Gasteiger partial charge in [-0.1, -0.05) is 26.0 Å². The van der Waals surface area contributed by atoms with E-state index >= 15 is 0 Å². The molecule has 0 radical (unpaired) electrons. The zero-order valence-electron chi connectivity index (χ0n) is 14.3. The molecule has 0 saturated carbocycles. The average molecular weight is 319 g/mol. The van der Waals surface area contributed by atoms with Crippen LogP contribution in [0.3, 0.4) is 0 Å². The van der Waals surface area contributed by atoms with Crippen LogP contribution in [0.15, 0.2) is 29.1 Å². The Morgan fingerprint density at radius 1 is 1.26 bits per heavy atom. The van der Waals surface area contributed by atoms with Gasteiger partial charge < -0.3 is 9.64 Å². The SMILES string of the molecule is COCCN(CC(C)C)C(=O)Cn1c(=O)n(C)c2ccccc21. The highest BCUT2D eigenvalue weighted by Crippen LogP contribution is 2.12. The van der Waals surface area contributed by atoms with Gasteiger partial charge in [0.05, 0.1) is 17.6 Å². The monoisotopic (exact) mass is 319 g/mol. The number of ether oxygens (including phenoxy) is 1. The number of para-hydroxylation sites is 2. The molecule has 126 valence electrons. The summed E-state index contributed by atoms with van der Waals surface area (Å²) in [6.45, 7) is 5.86. The molecule has 0 bridgehead atoms. The van der Waals surface area contributed by atoms with Crippen LogP contribution in [0.5, 0.6) is 0 Å². The van der Waals surface area contributed by atoms with Crippen molar-refractivity contribution in [3.8, 4) is 0 Å². The summed E-state index contributed by atoms with van der Waals surface area (Å²) < 4.78 is 8.20. The lowest BCUT2D eigenvalue weighted by atomic mass is 10.2. The minimum Gasteiger partial charge on any atom is -0.383 e. The lowest BCUT2D eigenvalue weighted by Crippen LogP contribution is -2.40. The van der Waals surface area contributed by atoms with Crippen LogP contribution in [0.4, 0.5) is 0 Å². The first kappa shape index (κ1) is 17.3. The molecule has 0 atom stereocenters. The van der Waals surface area contributed by atoms with Gasteiger partial charge >= 0.3 is 5.69 Å². The molecule has 1 aromatic heterocycles. The molecule has 0 N–H and O–H groups in total. The molecular formula is C17H25N3O3. The summed E-state index contributed by atoms with van der Waals surface area (Å²) >= 11 is 0. The average Bonchev–Trinajstić information content (AvgIpc) is 2.76. The molecule has 6 heteroatoms. The quantitative estimate of drug-likeness (QED) is 0.776. The lowest BCUT2D eigenvalue weighted by molar-refractivity contribution is -0.133. The van der Waals surface area contributed by atoms with E-state index in [0.717, 1.165) is 11.0 Å².